The highest BCUT2D eigenvalue weighted by Gasteiger charge is 2.20. The second-order valence-electron chi connectivity index (χ2n) is 15.6. The average molecular weight is 786 g/mol. The van der Waals surface area contributed by atoms with Gasteiger partial charge in [0.05, 0.1) is 16.7 Å². The lowest BCUT2D eigenvalue weighted by Gasteiger charge is -2.28. The van der Waals surface area contributed by atoms with E-state index in [1.54, 1.807) is 0 Å². The zero-order chi connectivity index (χ0) is 40.9. The van der Waals surface area contributed by atoms with Crippen molar-refractivity contribution >= 4 is 77.5 Å². The number of fused-ring (bicyclic) bond motifs is 5. The molecule has 0 N–H and O–H groups in total. The Morgan fingerprint density at radius 1 is 0.377 bits per heavy atom. The molecule has 3 nitrogen and oxygen atoms in total. The quantitative estimate of drug-likeness (QED) is 0.152. The molecule has 11 aromatic rings. The van der Waals surface area contributed by atoms with Crippen molar-refractivity contribution in [2.75, 3.05) is 9.80 Å². The molecule has 0 radical (unpaired) electrons. The largest absolute Gasteiger partial charge is 0.310 e. The first kappa shape index (κ1) is 36.2. The Bertz CT molecular complexity index is 3370. The van der Waals surface area contributed by atoms with Gasteiger partial charge in [-0.2, -0.15) is 0 Å². The van der Waals surface area contributed by atoms with Crippen LogP contribution in [0.4, 0.5) is 38.5 Å². The molecular formula is C57H40FN3. The molecule has 1 aromatic heterocycles. The zero-order valence-corrected chi connectivity index (χ0v) is 33.6. The predicted octanol–water partition coefficient (Wildman–Crippen LogP) is 16.1. The second kappa shape index (κ2) is 15.0. The van der Waals surface area contributed by atoms with E-state index in [2.05, 4.69) is 215 Å². The van der Waals surface area contributed by atoms with E-state index in [1.165, 1.54) is 39.2 Å². The highest BCUT2D eigenvalue weighted by molar-refractivity contribution is 6.11. The SMILES string of the molecule is Cc1ccc(N(c2ccc3ccccc3c2)c2ccc(-c3ccc(N(c4ccc(F)cc4)c4ccc5c(c4)c4ccccc4n5-c4ccccc4)cc3)c3ccccc23)cc1. The summed E-state index contributed by atoms with van der Waals surface area (Å²) in [6.07, 6.45) is 0. The van der Waals surface area contributed by atoms with Crippen LogP contribution in [-0.4, -0.2) is 4.57 Å². The van der Waals surface area contributed by atoms with Crippen molar-refractivity contribution in [3.8, 4) is 16.8 Å². The maximum atomic E-state index is 14.4. The average Bonchev–Trinajstić information content (AvgIpc) is 3.65. The van der Waals surface area contributed by atoms with E-state index < -0.39 is 0 Å². The van der Waals surface area contributed by atoms with Crippen LogP contribution in [0.5, 0.6) is 0 Å². The van der Waals surface area contributed by atoms with Crippen LogP contribution >= 0.6 is 0 Å². The molecule has 0 atom stereocenters. The number of hydrogen-bond donors (Lipinski definition) is 0. The minimum Gasteiger partial charge on any atom is -0.310 e. The van der Waals surface area contributed by atoms with Gasteiger partial charge in [-0.05, 0) is 137 Å². The lowest BCUT2D eigenvalue weighted by molar-refractivity contribution is 0.628. The van der Waals surface area contributed by atoms with Crippen molar-refractivity contribution in [3.05, 3.63) is 236 Å². The van der Waals surface area contributed by atoms with Crippen LogP contribution in [0.15, 0.2) is 224 Å². The third-order valence-electron chi connectivity index (χ3n) is 11.9. The Morgan fingerprint density at radius 2 is 0.934 bits per heavy atom. The minimum absolute atomic E-state index is 0.266. The van der Waals surface area contributed by atoms with E-state index in [0.29, 0.717) is 0 Å². The van der Waals surface area contributed by atoms with Crippen LogP contribution in [0.1, 0.15) is 5.56 Å². The van der Waals surface area contributed by atoms with Crippen LogP contribution in [-0.2, 0) is 0 Å². The fourth-order valence-corrected chi connectivity index (χ4v) is 8.95. The standard InChI is InChI=1S/C57H40FN3/c1-39-19-26-47(27-20-39)60(48-30-21-40-11-5-6-12-42(40)37-48)56-36-34-50(51-15-7-8-16-52(51)56)41-22-28-45(29-23-41)59(46-31-24-43(58)25-32-46)49-33-35-57-54(38-49)53-17-9-10-18-55(53)61(57)44-13-3-2-4-14-44/h2-38H,1H3. The third kappa shape index (κ3) is 6.46. The van der Waals surface area contributed by atoms with Gasteiger partial charge in [0.2, 0.25) is 0 Å². The summed E-state index contributed by atoms with van der Waals surface area (Å²) in [5.41, 5.74) is 13.0. The van der Waals surface area contributed by atoms with Crippen molar-refractivity contribution in [2.24, 2.45) is 0 Å². The summed E-state index contributed by atoms with van der Waals surface area (Å²) in [6.45, 7) is 2.13. The van der Waals surface area contributed by atoms with E-state index in [9.17, 15) is 4.39 Å². The molecule has 0 bridgehead atoms. The molecule has 4 heteroatoms. The van der Waals surface area contributed by atoms with Crippen molar-refractivity contribution in [1.29, 1.82) is 0 Å². The van der Waals surface area contributed by atoms with Crippen molar-refractivity contribution in [3.63, 3.8) is 0 Å². The first-order valence-electron chi connectivity index (χ1n) is 20.7. The molecule has 11 rings (SSSR count). The van der Waals surface area contributed by atoms with Crippen LogP contribution in [0.3, 0.4) is 0 Å². The number of anilines is 6. The number of nitrogens with zero attached hydrogens (tertiary/aromatic N) is 3. The fourth-order valence-electron chi connectivity index (χ4n) is 8.95. The maximum Gasteiger partial charge on any atom is 0.123 e. The van der Waals surface area contributed by atoms with Gasteiger partial charge < -0.3 is 14.4 Å². The molecule has 0 saturated carbocycles. The number of para-hydroxylation sites is 2. The Balaban J connectivity index is 1.02. The summed E-state index contributed by atoms with van der Waals surface area (Å²) in [5, 5.41) is 7.07. The Hall–Kier alpha value is -7.95. The van der Waals surface area contributed by atoms with Gasteiger partial charge in [0, 0.05) is 50.3 Å². The topological polar surface area (TPSA) is 11.4 Å². The summed E-state index contributed by atoms with van der Waals surface area (Å²) in [7, 11) is 0. The number of aryl methyl sites for hydroxylation is 1. The summed E-state index contributed by atoms with van der Waals surface area (Å²) in [4.78, 5) is 4.58. The molecule has 290 valence electrons. The molecule has 0 aliphatic rings. The van der Waals surface area contributed by atoms with Crippen molar-refractivity contribution < 1.29 is 4.39 Å². The zero-order valence-electron chi connectivity index (χ0n) is 33.6. The van der Waals surface area contributed by atoms with Gasteiger partial charge >= 0.3 is 0 Å². The highest BCUT2D eigenvalue weighted by Crippen LogP contribution is 2.44. The molecule has 0 saturated heterocycles. The number of aromatic nitrogens is 1. The molecule has 10 aromatic carbocycles. The van der Waals surface area contributed by atoms with E-state index in [1.807, 2.05) is 18.2 Å². The number of halogens is 1. The Morgan fingerprint density at radius 3 is 1.70 bits per heavy atom. The molecule has 61 heavy (non-hydrogen) atoms. The van der Waals surface area contributed by atoms with Gasteiger partial charge in [0.1, 0.15) is 5.82 Å². The van der Waals surface area contributed by atoms with E-state index in [0.717, 1.165) is 72.7 Å². The van der Waals surface area contributed by atoms with Gasteiger partial charge in [0.25, 0.3) is 0 Å². The van der Waals surface area contributed by atoms with Crippen LogP contribution in [0.2, 0.25) is 0 Å². The number of hydrogen-bond acceptors (Lipinski definition) is 2. The van der Waals surface area contributed by atoms with Crippen LogP contribution in [0.25, 0.3) is 60.2 Å². The lowest BCUT2D eigenvalue weighted by Crippen LogP contribution is -2.11. The molecule has 0 fully saturated rings. The van der Waals surface area contributed by atoms with Gasteiger partial charge in [0.15, 0.2) is 0 Å². The van der Waals surface area contributed by atoms with E-state index in [4.69, 9.17) is 0 Å². The highest BCUT2D eigenvalue weighted by atomic mass is 19.1. The maximum absolute atomic E-state index is 14.4. The van der Waals surface area contributed by atoms with E-state index in [-0.39, 0.29) is 5.82 Å². The summed E-state index contributed by atoms with van der Waals surface area (Å²) in [6, 6.07) is 78.4. The Kier molecular flexibility index (Phi) is 8.90. The van der Waals surface area contributed by atoms with E-state index >= 15 is 0 Å². The molecule has 0 spiro atoms. The normalized spacial score (nSPS) is 11.4. The Labute approximate surface area is 354 Å². The molecule has 0 amide bonds. The monoisotopic (exact) mass is 785 g/mol. The van der Waals surface area contributed by atoms with Crippen LogP contribution < -0.4 is 9.80 Å². The van der Waals surface area contributed by atoms with Gasteiger partial charge in [-0.3, -0.25) is 0 Å². The molecule has 0 aliphatic heterocycles. The lowest BCUT2D eigenvalue weighted by atomic mass is 9.96. The first-order valence-corrected chi connectivity index (χ1v) is 20.7. The van der Waals surface area contributed by atoms with Gasteiger partial charge in [-0.1, -0.05) is 127 Å². The van der Waals surface area contributed by atoms with Gasteiger partial charge in [-0.15, -0.1) is 0 Å². The van der Waals surface area contributed by atoms with Crippen molar-refractivity contribution in [2.45, 2.75) is 6.92 Å². The summed E-state index contributed by atoms with van der Waals surface area (Å²) < 4.78 is 16.7. The summed E-state index contributed by atoms with van der Waals surface area (Å²) in [5.74, 6) is -0.266. The predicted molar refractivity (Wildman–Crippen MR) is 255 cm³/mol. The summed E-state index contributed by atoms with van der Waals surface area (Å²) >= 11 is 0. The molecule has 1 heterocycles. The molecular weight excluding hydrogens is 746 g/mol. The second-order valence-corrected chi connectivity index (χ2v) is 15.6. The molecule has 0 aliphatic carbocycles. The van der Waals surface area contributed by atoms with Gasteiger partial charge in [-0.25, -0.2) is 4.39 Å². The number of rotatable bonds is 8. The fraction of sp³-hybridized carbons (Fsp3) is 0.0175. The third-order valence-corrected chi connectivity index (χ3v) is 11.9. The minimum atomic E-state index is -0.266. The smallest absolute Gasteiger partial charge is 0.123 e. The van der Waals surface area contributed by atoms with Crippen molar-refractivity contribution in [1.82, 2.24) is 4.57 Å². The first-order chi connectivity index (χ1) is 30.1. The number of benzene rings is 10. The van der Waals surface area contributed by atoms with Crippen LogP contribution in [0, 0.1) is 12.7 Å². The molecule has 0 unspecified atom stereocenters.